The van der Waals surface area contributed by atoms with Gasteiger partial charge in [-0.1, -0.05) is 12.1 Å². The number of hydrogen-bond donors (Lipinski definition) is 0. The summed E-state index contributed by atoms with van der Waals surface area (Å²) in [6, 6.07) is 2.32. The Morgan fingerprint density at radius 2 is 2.24 bits per heavy atom. The highest BCUT2D eigenvalue weighted by molar-refractivity contribution is 7.08. The van der Waals surface area contributed by atoms with Crippen molar-refractivity contribution >= 4 is 17.2 Å². The number of rotatable bonds is 4. The van der Waals surface area contributed by atoms with E-state index in [9.17, 15) is 4.79 Å². The lowest BCUT2D eigenvalue weighted by molar-refractivity contribution is 0.0681. The van der Waals surface area contributed by atoms with Gasteiger partial charge in [-0.05, 0) is 24.3 Å². The van der Waals surface area contributed by atoms with Gasteiger partial charge in [0.1, 0.15) is 11.5 Å². The van der Waals surface area contributed by atoms with Gasteiger partial charge in [0.15, 0.2) is 12.1 Å². The lowest BCUT2D eigenvalue weighted by Crippen LogP contribution is -2.39. The van der Waals surface area contributed by atoms with Gasteiger partial charge in [0, 0.05) is 30.5 Å². The molecule has 8 heteroatoms. The van der Waals surface area contributed by atoms with Crippen molar-refractivity contribution in [3.8, 4) is 11.3 Å². The number of oxazole rings is 1. The molecule has 0 N–H and O–H groups in total. The van der Waals surface area contributed by atoms with Gasteiger partial charge < -0.3 is 9.32 Å². The maximum Gasteiger partial charge on any atom is 0.276 e. The molecule has 3 aromatic heterocycles. The molecule has 0 atom stereocenters. The summed E-state index contributed by atoms with van der Waals surface area (Å²) in [4.78, 5) is 18.6. The van der Waals surface area contributed by atoms with Crippen molar-refractivity contribution in [3.05, 3.63) is 40.9 Å². The molecular formula is C17H19N5O2S. The fourth-order valence-corrected chi connectivity index (χ4v) is 3.83. The molecule has 0 radical (unpaired) electrons. The molecule has 0 spiro atoms. The molecule has 4 rings (SSSR count). The van der Waals surface area contributed by atoms with Gasteiger partial charge in [-0.15, -0.1) is 5.10 Å². The van der Waals surface area contributed by atoms with Crippen LogP contribution in [-0.4, -0.2) is 43.9 Å². The second-order valence-electron chi connectivity index (χ2n) is 6.10. The first-order valence-corrected chi connectivity index (χ1v) is 9.36. The second-order valence-corrected chi connectivity index (χ2v) is 6.88. The van der Waals surface area contributed by atoms with Crippen LogP contribution in [0.2, 0.25) is 0 Å². The van der Waals surface area contributed by atoms with Gasteiger partial charge in [-0.3, -0.25) is 4.79 Å². The van der Waals surface area contributed by atoms with Gasteiger partial charge in [0.05, 0.1) is 12.2 Å². The maximum absolute atomic E-state index is 12.6. The second kappa shape index (κ2) is 6.79. The normalized spacial score (nSPS) is 15.6. The summed E-state index contributed by atoms with van der Waals surface area (Å²) in [5.41, 5.74) is 2.44. The van der Waals surface area contributed by atoms with E-state index in [1.807, 2.05) is 34.1 Å². The Hall–Kier alpha value is -2.48. The summed E-state index contributed by atoms with van der Waals surface area (Å²) in [7, 11) is 0. The van der Waals surface area contributed by atoms with Crippen LogP contribution in [-0.2, 0) is 6.42 Å². The average Bonchev–Trinajstić information content (AvgIpc) is 3.41. The molecule has 1 fully saturated rings. The summed E-state index contributed by atoms with van der Waals surface area (Å²) in [6.45, 7) is 3.33. The highest BCUT2D eigenvalue weighted by Crippen LogP contribution is 2.26. The third kappa shape index (κ3) is 3.09. The van der Waals surface area contributed by atoms with Crippen LogP contribution in [0.5, 0.6) is 0 Å². The smallest absolute Gasteiger partial charge is 0.276 e. The van der Waals surface area contributed by atoms with Crippen molar-refractivity contribution in [1.29, 1.82) is 0 Å². The molecule has 7 nitrogen and oxygen atoms in total. The summed E-state index contributed by atoms with van der Waals surface area (Å²) < 4.78 is 7.21. The molecule has 0 saturated carbocycles. The molecule has 1 aliphatic heterocycles. The quantitative estimate of drug-likeness (QED) is 0.717. The number of aryl methyl sites for hydroxylation is 1. The Morgan fingerprint density at radius 3 is 2.96 bits per heavy atom. The molecule has 1 saturated heterocycles. The molecule has 0 aliphatic carbocycles. The van der Waals surface area contributed by atoms with Crippen molar-refractivity contribution < 1.29 is 9.21 Å². The van der Waals surface area contributed by atoms with E-state index in [-0.39, 0.29) is 11.9 Å². The number of carbonyl (C=O) groups is 1. The summed E-state index contributed by atoms with van der Waals surface area (Å²) in [5.74, 6) is 0.616. The minimum atomic E-state index is -0.0402. The van der Waals surface area contributed by atoms with Gasteiger partial charge in [0.25, 0.3) is 5.91 Å². The molecule has 1 aliphatic rings. The Kier molecular flexibility index (Phi) is 4.35. The van der Waals surface area contributed by atoms with Crippen LogP contribution < -0.4 is 0 Å². The fraction of sp³-hybridized carbons (Fsp3) is 0.412. The minimum Gasteiger partial charge on any atom is -0.448 e. The lowest BCUT2D eigenvalue weighted by atomic mass is 10.0. The fourth-order valence-electron chi connectivity index (χ4n) is 3.18. The maximum atomic E-state index is 12.6. The molecule has 0 aromatic carbocycles. The van der Waals surface area contributed by atoms with Crippen LogP contribution in [0.3, 0.4) is 0 Å². The SMILES string of the molecule is CCc1ocnc1C(=O)N1CCC(n2cc(-c3ccsc3)nn2)CC1. The Morgan fingerprint density at radius 1 is 1.40 bits per heavy atom. The standard InChI is InChI=1S/C17H19N5O2S/c1-2-15-16(18-11-24-15)17(23)21-6-3-13(4-7-21)22-9-14(19-20-22)12-5-8-25-10-12/h5,8-11,13H,2-4,6-7H2,1H3. The van der Waals surface area contributed by atoms with Gasteiger partial charge in [-0.2, -0.15) is 11.3 Å². The highest BCUT2D eigenvalue weighted by atomic mass is 32.1. The number of piperidine rings is 1. The first-order valence-electron chi connectivity index (χ1n) is 8.42. The predicted molar refractivity (Wildman–Crippen MR) is 93.4 cm³/mol. The third-order valence-electron chi connectivity index (χ3n) is 4.62. The van der Waals surface area contributed by atoms with Gasteiger partial charge in [-0.25, -0.2) is 9.67 Å². The summed E-state index contributed by atoms with van der Waals surface area (Å²) >= 11 is 1.65. The van der Waals surface area contributed by atoms with Gasteiger partial charge in [0.2, 0.25) is 0 Å². The molecule has 130 valence electrons. The topological polar surface area (TPSA) is 77.0 Å². The Bertz CT molecular complexity index is 846. The molecule has 3 aromatic rings. The average molecular weight is 357 g/mol. The van der Waals surface area contributed by atoms with E-state index >= 15 is 0 Å². The summed E-state index contributed by atoms with van der Waals surface area (Å²) in [6.07, 6.45) is 5.73. The van der Waals surface area contributed by atoms with Crippen molar-refractivity contribution in [2.24, 2.45) is 0 Å². The van der Waals surface area contributed by atoms with E-state index in [2.05, 4.69) is 20.7 Å². The minimum absolute atomic E-state index is 0.0402. The third-order valence-corrected chi connectivity index (χ3v) is 5.30. The van der Waals surface area contributed by atoms with Crippen molar-refractivity contribution in [1.82, 2.24) is 24.9 Å². The molecule has 4 heterocycles. The predicted octanol–water partition coefficient (Wildman–Crippen LogP) is 3.03. The van der Waals surface area contributed by atoms with Crippen LogP contribution in [0.4, 0.5) is 0 Å². The van der Waals surface area contributed by atoms with Crippen molar-refractivity contribution in [3.63, 3.8) is 0 Å². The number of carbonyl (C=O) groups excluding carboxylic acids is 1. The van der Waals surface area contributed by atoms with E-state index in [4.69, 9.17) is 4.42 Å². The first-order chi connectivity index (χ1) is 12.3. The molecule has 0 bridgehead atoms. The van der Waals surface area contributed by atoms with Gasteiger partial charge >= 0.3 is 0 Å². The van der Waals surface area contributed by atoms with E-state index in [0.29, 0.717) is 31.0 Å². The molecule has 0 unspecified atom stereocenters. The zero-order chi connectivity index (χ0) is 17.2. The number of nitrogens with zero attached hydrogens (tertiary/aromatic N) is 5. The van der Waals surface area contributed by atoms with Crippen LogP contribution in [0.25, 0.3) is 11.3 Å². The molecule has 25 heavy (non-hydrogen) atoms. The number of hydrogen-bond acceptors (Lipinski definition) is 6. The Labute approximate surface area is 149 Å². The number of thiophene rings is 1. The van der Waals surface area contributed by atoms with E-state index < -0.39 is 0 Å². The van der Waals surface area contributed by atoms with Crippen molar-refractivity contribution in [2.45, 2.75) is 32.2 Å². The van der Waals surface area contributed by atoms with E-state index in [1.54, 1.807) is 11.3 Å². The highest BCUT2D eigenvalue weighted by Gasteiger charge is 2.28. The van der Waals surface area contributed by atoms with Crippen LogP contribution >= 0.6 is 11.3 Å². The van der Waals surface area contributed by atoms with Crippen LogP contribution in [0.15, 0.2) is 33.8 Å². The zero-order valence-corrected chi connectivity index (χ0v) is 14.8. The first kappa shape index (κ1) is 16.0. The van der Waals surface area contributed by atoms with Crippen LogP contribution in [0, 0.1) is 0 Å². The van der Waals surface area contributed by atoms with E-state index in [0.717, 1.165) is 24.1 Å². The van der Waals surface area contributed by atoms with E-state index in [1.165, 1.54) is 6.39 Å². The monoisotopic (exact) mass is 357 g/mol. The number of amides is 1. The van der Waals surface area contributed by atoms with Crippen molar-refractivity contribution in [2.75, 3.05) is 13.1 Å². The molecule has 1 amide bonds. The number of aromatic nitrogens is 4. The molecular weight excluding hydrogens is 338 g/mol. The summed E-state index contributed by atoms with van der Waals surface area (Å²) in [5, 5.41) is 12.7. The largest absolute Gasteiger partial charge is 0.448 e. The lowest BCUT2D eigenvalue weighted by Gasteiger charge is -2.31. The number of likely N-dealkylation sites (tertiary alicyclic amines) is 1. The zero-order valence-electron chi connectivity index (χ0n) is 14.0. The Balaban J connectivity index is 1.41. The van der Waals surface area contributed by atoms with Crippen LogP contribution in [0.1, 0.15) is 42.1 Å².